The normalized spacial score (nSPS) is 13.2. The van der Waals surface area contributed by atoms with Crippen molar-refractivity contribution in [2.24, 2.45) is 0 Å². The van der Waals surface area contributed by atoms with E-state index in [1.54, 1.807) is 13.0 Å². The molecule has 1 rings (SSSR count). The van der Waals surface area contributed by atoms with Gasteiger partial charge in [0.15, 0.2) is 11.6 Å². The Kier molecular flexibility index (Phi) is 4.84. The maximum absolute atomic E-state index is 13.6. The third kappa shape index (κ3) is 3.39. The largest absolute Gasteiger partial charge is 0.505 e. The second-order valence-corrected chi connectivity index (χ2v) is 4.29. The molecule has 1 aromatic heterocycles. The van der Waals surface area contributed by atoms with Crippen LogP contribution in [-0.4, -0.2) is 11.4 Å². The topological polar surface area (TPSA) is 37.3 Å². The first kappa shape index (κ1) is 13.4. The van der Waals surface area contributed by atoms with Crippen LogP contribution in [0.25, 0.3) is 5.57 Å². The Labute approximate surface area is 103 Å². The van der Waals surface area contributed by atoms with Crippen LogP contribution in [0.2, 0.25) is 0 Å². The lowest BCUT2D eigenvalue weighted by molar-refractivity contribution is -0.105. The van der Waals surface area contributed by atoms with Gasteiger partial charge in [-0.25, -0.2) is 4.39 Å². The van der Waals surface area contributed by atoms with Crippen LogP contribution in [0, 0.1) is 0 Å². The minimum absolute atomic E-state index is 0.0396. The summed E-state index contributed by atoms with van der Waals surface area (Å²) in [5.41, 5.74) is 0.503. The molecular weight excluding hydrogens is 239 g/mol. The maximum atomic E-state index is 13.6. The molecule has 0 aliphatic heterocycles. The van der Waals surface area contributed by atoms with E-state index in [-0.39, 0.29) is 12.0 Å². The summed E-state index contributed by atoms with van der Waals surface area (Å²) >= 11 is 1.43. The molecule has 90 valence electrons. The summed E-state index contributed by atoms with van der Waals surface area (Å²) in [6.45, 7) is 5.37. The third-order valence-corrected chi connectivity index (χ3v) is 3.14. The highest BCUT2D eigenvalue weighted by atomic mass is 32.1. The summed E-state index contributed by atoms with van der Waals surface area (Å²) in [5, 5.41) is 11.3. The molecule has 1 N–H and O–H groups in total. The molecule has 0 aliphatic rings. The average Bonchev–Trinajstić information content (AvgIpc) is 2.83. The highest BCUT2D eigenvalue weighted by Crippen LogP contribution is 2.24. The van der Waals surface area contributed by atoms with Crippen molar-refractivity contribution in [3.8, 4) is 0 Å². The molecule has 0 atom stereocenters. The molecule has 0 fully saturated rings. The van der Waals surface area contributed by atoms with Gasteiger partial charge in [-0.3, -0.25) is 4.79 Å². The molecule has 0 saturated carbocycles. The SMILES string of the molecule is C=C(/C=C(F)\C(O)=C(\C=O)CC)c1cccs1. The molecule has 0 radical (unpaired) electrons. The van der Waals surface area contributed by atoms with Crippen LogP contribution in [0.4, 0.5) is 4.39 Å². The van der Waals surface area contributed by atoms with Crippen molar-refractivity contribution in [2.75, 3.05) is 0 Å². The van der Waals surface area contributed by atoms with Crippen LogP contribution in [-0.2, 0) is 4.79 Å². The minimum Gasteiger partial charge on any atom is -0.505 e. The second kappa shape index (κ2) is 6.15. The van der Waals surface area contributed by atoms with Crippen molar-refractivity contribution >= 4 is 23.2 Å². The van der Waals surface area contributed by atoms with Crippen LogP contribution >= 0.6 is 11.3 Å². The number of allylic oxidation sites excluding steroid dienone is 4. The molecule has 17 heavy (non-hydrogen) atoms. The predicted molar refractivity (Wildman–Crippen MR) is 68.6 cm³/mol. The third-order valence-electron chi connectivity index (χ3n) is 2.19. The van der Waals surface area contributed by atoms with Gasteiger partial charge in [-0.1, -0.05) is 19.6 Å². The van der Waals surface area contributed by atoms with Crippen molar-refractivity contribution in [3.63, 3.8) is 0 Å². The van der Waals surface area contributed by atoms with Crippen LogP contribution < -0.4 is 0 Å². The van der Waals surface area contributed by atoms with Gasteiger partial charge in [-0.05, 0) is 29.5 Å². The van der Waals surface area contributed by atoms with E-state index < -0.39 is 11.6 Å². The number of thiophene rings is 1. The second-order valence-electron chi connectivity index (χ2n) is 3.34. The van der Waals surface area contributed by atoms with Crippen molar-refractivity contribution in [1.29, 1.82) is 0 Å². The lowest BCUT2D eigenvalue weighted by Gasteiger charge is -2.01. The number of rotatable bonds is 5. The highest BCUT2D eigenvalue weighted by Gasteiger charge is 2.09. The van der Waals surface area contributed by atoms with Crippen molar-refractivity contribution in [3.05, 3.63) is 52.2 Å². The highest BCUT2D eigenvalue weighted by molar-refractivity contribution is 7.11. The number of carbonyl (C=O) groups is 1. The smallest absolute Gasteiger partial charge is 0.165 e. The molecule has 2 nitrogen and oxygen atoms in total. The molecule has 0 amide bonds. The number of aliphatic hydroxyl groups is 1. The Morgan fingerprint density at radius 2 is 2.35 bits per heavy atom. The Morgan fingerprint density at radius 1 is 1.65 bits per heavy atom. The fraction of sp³-hybridized carbons (Fsp3) is 0.154. The van der Waals surface area contributed by atoms with E-state index in [0.717, 1.165) is 11.0 Å². The number of halogens is 1. The van der Waals surface area contributed by atoms with Crippen molar-refractivity contribution < 1.29 is 14.3 Å². The van der Waals surface area contributed by atoms with Crippen LogP contribution in [0.1, 0.15) is 18.2 Å². The number of hydrogen-bond acceptors (Lipinski definition) is 3. The molecular formula is C13H13FO2S. The van der Waals surface area contributed by atoms with Crippen molar-refractivity contribution in [2.45, 2.75) is 13.3 Å². The summed E-state index contributed by atoms with van der Waals surface area (Å²) < 4.78 is 13.6. The Hall–Kier alpha value is -1.68. The molecule has 0 saturated heterocycles. The zero-order chi connectivity index (χ0) is 12.8. The molecule has 0 bridgehead atoms. The molecule has 4 heteroatoms. The summed E-state index contributed by atoms with van der Waals surface area (Å²) in [6, 6.07) is 3.63. The zero-order valence-corrected chi connectivity index (χ0v) is 10.3. The van der Waals surface area contributed by atoms with Gasteiger partial charge in [0.2, 0.25) is 0 Å². The standard InChI is InChI=1S/C13H13FO2S/c1-3-10(8-15)13(16)11(14)7-9(2)12-5-4-6-17-12/h4-8,16H,2-3H2,1H3/b11-7+,13-10-. The quantitative estimate of drug-likeness (QED) is 0.372. The monoisotopic (exact) mass is 252 g/mol. The minimum atomic E-state index is -0.840. The van der Waals surface area contributed by atoms with Gasteiger partial charge in [0.25, 0.3) is 0 Å². The van der Waals surface area contributed by atoms with Crippen LogP contribution in [0.5, 0.6) is 0 Å². The predicted octanol–water partition coefficient (Wildman–Crippen LogP) is 4.04. The fourth-order valence-corrected chi connectivity index (χ4v) is 1.88. The van der Waals surface area contributed by atoms with Crippen LogP contribution in [0.3, 0.4) is 0 Å². The molecule has 1 aromatic rings. The van der Waals surface area contributed by atoms with Gasteiger partial charge in [0.05, 0.1) is 0 Å². The van der Waals surface area contributed by atoms with E-state index in [0.29, 0.717) is 11.9 Å². The Morgan fingerprint density at radius 3 is 2.82 bits per heavy atom. The first-order valence-electron chi connectivity index (χ1n) is 5.07. The van der Waals surface area contributed by atoms with E-state index in [1.165, 1.54) is 11.3 Å². The Balaban J connectivity index is 2.97. The number of aldehydes is 1. The van der Waals surface area contributed by atoms with E-state index >= 15 is 0 Å². The fourth-order valence-electron chi connectivity index (χ4n) is 1.21. The Bertz CT molecular complexity index is 470. The van der Waals surface area contributed by atoms with E-state index in [4.69, 9.17) is 0 Å². The molecule has 0 aromatic carbocycles. The molecule has 1 heterocycles. The van der Waals surface area contributed by atoms with E-state index in [2.05, 4.69) is 6.58 Å². The number of aliphatic hydroxyl groups excluding tert-OH is 1. The van der Waals surface area contributed by atoms with Crippen LogP contribution in [0.15, 0.2) is 47.3 Å². The maximum Gasteiger partial charge on any atom is 0.165 e. The van der Waals surface area contributed by atoms with E-state index in [1.807, 2.05) is 11.4 Å². The van der Waals surface area contributed by atoms with Gasteiger partial charge >= 0.3 is 0 Å². The summed E-state index contributed by atoms with van der Waals surface area (Å²) in [6.07, 6.45) is 1.86. The molecule has 0 aliphatic carbocycles. The van der Waals surface area contributed by atoms with Crippen molar-refractivity contribution in [1.82, 2.24) is 0 Å². The van der Waals surface area contributed by atoms with Gasteiger partial charge < -0.3 is 5.11 Å². The van der Waals surface area contributed by atoms with Gasteiger partial charge in [0, 0.05) is 10.5 Å². The number of carbonyl (C=O) groups excluding carboxylic acids is 1. The zero-order valence-electron chi connectivity index (χ0n) is 9.44. The first-order valence-corrected chi connectivity index (χ1v) is 5.95. The number of hydrogen-bond donors (Lipinski definition) is 1. The summed E-state index contributed by atoms with van der Waals surface area (Å²) in [5.74, 6) is -1.45. The average molecular weight is 252 g/mol. The van der Waals surface area contributed by atoms with Gasteiger partial charge in [-0.15, -0.1) is 11.3 Å². The summed E-state index contributed by atoms with van der Waals surface area (Å²) in [7, 11) is 0. The lowest BCUT2D eigenvalue weighted by atomic mass is 10.1. The molecule has 0 spiro atoms. The first-order chi connectivity index (χ1) is 8.10. The summed E-state index contributed by atoms with van der Waals surface area (Å²) in [4.78, 5) is 11.4. The molecule has 0 unspecified atom stereocenters. The van der Waals surface area contributed by atoms with E-state index in [9.17, 15) is 14.3 Å². The van der Waals surface area contributed by atoms with Gasteiger partial charge in [0.1, 0.15) is 6.29 Å². The lowest BCUT2D eigenvalue weighted by Crippen LogP contribution is -1.93. The van der Waals surface area contributed by atoms with Gasteiger partial charge in [-0.2, -0.15) is 0 Å².